The molecule has 10 nitrogen and oxygen atoms in total. The van der Waals surface area contributed by atoms with Gasteiger partial charge in [-0.25, -0.2) is 0 Å². The highest BCUT2D eigenvalue weighted by Gasteiger charge is 2.54. The molecule has 1 N–H and O–H groups in total. The van der Waals surface area contributed by atoms with Gasteiger partial charge in [0.15, 0.2) is 30.6 Å². The maximum atomic E-state index is 11.9. The third-order valence-electron chi connectivity index (χ3n) is 4.12. The highest BCUT2D eigenvalue weighted by Crippen LogP contribution is 2.30. The molecule has 2 rings (SSSR count). The molecule has 158 valence electrons. The van der Waals surface area contributed by atoms with Crippen LogP contribution in [-0.2, 0) is 38.1 Å². The first-order valence-corrected chi connectivity index (χ1v) is 9.05. The predicted octanol–water partition coefficient (Wildman–Crippen LogP) is -0.197. The fraction of sp³-hybridized carbons (Fsp3) is 0.526. The van der Waals surface area contributed by atoms with Gasteiger partial charge in [0.25, 0.3) is 6.23 Å². The quantitative estimate of drug-likeness (QED) is 0.390. The molecule has 1 saturated heterocycles. The number of ether oxygens (including phenoxy) is 4. The van der Waals surface area contributed by atoms with Gasteiger partial charge in [-0.2, -0.15) is 4.57 Å². The zero-order valence-electron chi connectivity index (χ0n) is 16.7. The molecule has 1 aromatic rings. The summed E-state index contributed by atoms with van der Waals surface area (Å²) >= 11 is 0. The standard InChI is InChI=1S/C19H24N2O8/c1-11(22)20-16-18(28-14(4)25)17(27-13(3)24)15(10-26-12(2)23)29-19(16)21-8-6-5-7-9-21/h5-9,15-19H,10H2,1-4H3/p+1/t15-,16-,17-,18-,19-/m1/s1. The van der Waals surface area contributed by atoms with Crippen molar-refractivity contribution in [3.8, 4) is 0 Å². The maximum absolute atomic E-state index is 11.9. The average Bonchev–Trinajstić information content (AvgIpc) is 2.63. The van der Waals surface area contributed by atoms with Crippen LogP contribution in [0.3, 0.4) is 0 Å². The van der Waals surface area contributed by atoms with Gasteiger partial charge in [0.2, 0.25) is 5.91 Å². The number of hydrogen-bond acceptors (Lipinski definition) is 8. The summed E-state index contributed by atoms with van der Waals surface area (Å²) in [4.78, 5) is 46.6. The smallest absolute Gasteiger partial charge is 0.303 e. The molecule has 1 fully saturated rings. The van der Waals surface area contributed by atoms with Crippen LogP contribution in [0.5, 0.6) is 0 Å². The molecule has 0 aliphatic carbocycles. The number of aromatic nitrogens is 1. The fourth-order valence-corrected chi connectivity index (χ4v) is 3.15. The molecule has 10 heteroatoms. The number of nitrogens with one attached hydrogen (secondary N) is 1. The topological polar surface area (TPSA) is 121 Å². The van der Waals surface area contributed by atoms with Gasteiger partial charge in [-0.05, 0) is 0 Å². The van der Waals surface area contributed by atoms with Crippen molar-refractivity contribution in [2.24, 2.45) is 0 Å². The van der Waals surface area contributed by atoms with E-state index in [1.807, 2.05) is 0 Å². The third-order valence-corrected chi connectivity index (χ3v) is 4.12. The molecule has 0 radical (unpaired) electrons. The lowest BCUT2D eigenvalue weighted by Crippen LogP contribution is -2.68. The van der Waals surface area contributed by atoms with Crippen LogP contribution in [0.1, 0.15) is 33.9 Å². The molecule has 0 aromatic carbocycles. The number of pyridine rings is 1. The maximum Gasteiger partial charge on any atom is 0.303 e. The first-order chi connectivity index (χ1) is 13.7. The molecule has 1 aliphatic rings. The number of nitrogens with zero attached hydrogens (tertiary/aromatic N) is 1. The second-order valence-corrected chi connectivity index (χ2v) is 6.56. The highest BCUT2D eigenvalue weighted by atomic mass is 16.6. The van der Waals surface area contributed by atoms with E-state index >= 15 is 0 Å². The van der Waals surface area contributed by atoms with Gasteiger partial charge in [-0.1, -0.05) is 6.07 Å². The summed E-state index contributed by atoms with van der Waals surface area (Å²) < 4.78 is 23.6. The minimum absolute atomic E-state index is 0.234. The Morgan fingerprint density at radius 2 is 1.48 bits per heavy atom. The van der Waals surface area contributed by atoms with Crippen molar-refractivity contribution in [2.75, 3.05) is 6.61 Å². The normalized spacial score (nSPS) is 26.1. The van der Waals surface area contributed by atoms with Gasteiger partial charge in [-0.15, -0.1) is 0 Å². The van der Waals surface area contributed by atoms with Crippen molar-refractivity contribution in [1.82, 2.24) is 5.32 Å². The van der Waals surface area contributed by atoms with Crippen LogP contribution in [0.4, 0.5) is 0 Å². The molecule has 5 atom stereocenters. The second-order valence-electron chi connectivity index (χ2n) is 6.56. The van der Waals surface area contributed by atoms with Crippen molar-refractivity contribution in [3.05, 3.63) is 30.6 Å². The van der Waals surface area contributed by atoms with E-state index in [1.54, 1.807) is 35.2 Å². The van der Waals surface area contributed by atoms with Crippen LogP contribution in [0, 0.1) is 0 Å². The van der Waals surface area contributed by atoms with Crippen LogP contribution in [0.25, 0.3) is 0 Å². The molecule has 0 unspecified atom stereocenters. The molecule has 1 aromatic heterocycles. The molecule has 29 heavy (non-hydrogen) atoms. The Kier molecular flexibility index (Phi) is 7.66. The number of amides is 1. The Hall–Kier alpha value is -3.01. The van der Waals surface area contributed by atoms with Crippen molar-refractivity contribution in [3.63, 3.8) is 0 Å². The molecular weight excluding hydrogens is 384 g/mol. The molecule has 0 bridgehead atoms. The van der Waals surface area contributed by atoms with Gasteiger partial charge in [0.1, 0.15) is 12.7 Å². The summed E-state index contributed by atoms with van der Waals surface area (Å²) in [5.41, 5.74) is 0. The van der Waals surface area contributed by atoms with Gasteiger partial charge >= 0.3 is 17.9 Å². The Bertz CT molecular complexity index is 754. The number of carbonyl (C=O) groups excluding carboxylic acids is 4. The number of esters is 3. The van der Waals surface area contributed by atoms with Gasteiger partial charge in [0.05, 0.1) is 0 Å². The molecule has 1 aliphatic heterocycles. The number of rotatable bonds is 6. The van der Waals surface area contributed by atoms with Crippen molar-refractivity contribution in [1.29, 1.82) is 0 Å². The molecule has 0 spiro atoms. The summed E-state index contributed by atoms with van der Waals surface area (Å²) in [6.07, 6.45) is -0.522. The lowest BCUT2D eigenvalue weighted by atomic mass is 9.95. The van der Waals surface area contributed by atoms with Crippen molar-refractivity contribution >= 4 is 23.8 Å². The van der Waals surface area contributed by atoms with Crippen LogP contribution < -0.4 is 9.88 Å². The highest BCUT2D eigenvalue weighted by molar-refractivity contribution is 5.73. The summed E-state index contributed by atoms with van der Waals surface area (Å²) in [7, 11) is 0. The first kappa shape index (κ1) is 22.3. The SMILES string of the molecule is CC(=O)N[C@@H]1[C@@H](OC(C)=O)[C@H](OC(C)=O)[C@@H](COC(C)=O)O[C@H]1[n+]1ccccc1. The van der Waals surface area contributed by atoms with E-state index in [4.69, 9.17) is 18.9 Å². The van der Waals surface area contributed by atoms with E-state index in [9.17, 15) is 19.2 Å². The zero-order valence-corrected chi connectivity index (χ0v) is 16.7. The second kappa shape index (κ2) is 9.97. The van der Waals surface area contributed by atoms with Crippen LogP contribution in [-0.4, -0.2) is 54.8 Å². The van der Waals surface area contributed by atoms with E-state index < -0.39 is 54.4 Å². The van der Waals surface area contributed by atoms with Crippen LogP contribution in [0.2, 0.25) is 0 Å². The summed E-state index contributed by atoms with van der Waals surface area (Å²) in [6.45, 7) is 4.71. The van der Waals surface area contributed by atoms with E-state index in [1.165, 1.54) is 27.7 Å². The Morgan fingerprint density at radius 3 is 2.00 bits per heavy atom. The Balaban J connectivity index is 2.49. The number of carbonyl (C=O) groups is 4. The Morgan fingerprint density at radius 1 is 0.897 bits per heavy atom. The summed E-state index contributed by atoms with van der Waals surface area (Å²) in [6, 6.07) is 4.44. The minimum Gasteiger partial charge on any atom is -0.463 e. The third kappa shape index (κ3) is 6.24. The summed E-state index contributed by atoms with van der Waals surface area (Å²) in [5.74, 6) is -2.21. The minimum atomic E-state index is -1.10. The van der Waals surface area contributed by atoms with Gasteiger partial charge in [0, 0.05) is 39.8 Å². The molecule has 2 heterocycles. The fourth-order valence-electron chi connectivity index (χ4n) is 3.15. The molecule has 0 saturated carbocycles. The molecular formula is C19H25N2O8+. The van der Waals surface area contributed by atoms with E-state index in [0.717, 1.165) is 0 Å². The largest absolute Gasteiger partial charge is 0.463 e. The van der Waals surface area contributed by atoms with Crippen LogP contribution in [0.15, 0.2) is 30.6 Å². The lowest BCUT2D eigenvalue weighted by Gasteiger charge is -2.42. The van der Waals surface area contributed by atoms with E-state index in [-0.39, 0.29) is 6.61 Å². The number of hydrogen-bond donors (Lipinski definition) is 1. The monoisotopic (exact) mass is 409 g/mol. The zero-order chi connectivity index (χ0) is 21.6. The van der Waals surface area contributed by atoms with Crippen molar-refractivity contribution in [2.45, 2.75) is 58.3 Å². The lowest BCUT2D eigenvalue weighted by molar-refractivity contribution is -0.772. The first-order valence-electron chi connectivity index (χ1n) is 9.05. The van der Waals surface area contributed by atoms with Crippen molar-refractivity contribution < 1.29 is 42.7 Å². The summed E-state index contributed by atoms with van der Waals surface area (Å²) in [5, 5.41) is 2.71. The van der Waals surface area contributed by atoms with Gasteiger partial charge in [-0.3, -0.25) is 19.2 Å². The van der Waals surface area contributed by atoms with E-state index in [0.29, 0.717) is 0 Å². The molecule has 1 amide bonds. The van der Waals surface area contributed by atoms with E-state index in [2.05, 4.69) is 5.32 Å². The van der Waals surface area contributed by atoms with Gasteiger partial charge < -0.3 is 24.3 Å². The average molecular weight is 409 g/mol. The predicted molar refractivity (Wildman–Crippen MR) is 95.9 cm³/mol. The Labute approximate surface area is 168 Å². The van der Waals surface area contributed by atoms with Crippen LogP contribution >= 0.6 is 0 Å².